The lowest BCUT2D eigenvalue weighted by atomic mass is 9.75. The van der Waals surface area contributed by atoms with Crippen LogP contribution in [-0.4, -0.2) is 5.91 Å². The van der Waals surface area contributed by atoms with Gasteiger partial charge in [0.15, 0.2) is 0 Å². The second-order valence-electron chi connectivity index (χ2n) is 3.80. The van der Waals surface area contributed by atoms with Gasteiger partial charge < -0.3 is 5.73 Å². The third kappa shape index (κ3) is 2.13. The quantitative estimate of drug-likeness (QED) is 0.763. The van der Waals surface area contributed by atoms with Crippen molar-refractivity contribution in [1.29, 1.82) is 0 Å². The maximum absolute atomic E-state index is 12.8. The summed E-state index contributed by atoms with van der Waals surface area (Å²) in [5.74, 6) is -0.724. The maximum atomic E-state index is 12.8. The molecule has 1 aromatic carbocycles. The Morgan fingerprint density at radius 3 is 2.44 bits per heavy atom. The van der Waals surface area contributed by atoms with E-state index in [-0.39, 0.29) is 5.82 Å². The minimum Gasteiger partial charge on any atom is -0.369 e. The Morgan fingerprint density at radius 1 is 1.50 bits per heavy atom. The summed E-state index contributed by atoms with van der Waals surface area (Å²) in [4.78, 5) is 11.6. The number of rotatable bonds is 5. The fourth-order valence-electron chi connectivity index (χ4n) is 1.90. The molecule has 0 saturated heterocycles. The van der Waals surface area contributed by atoms with E-state index in [0.717, 1.165) is 5.56 Å². The SMILES string of the molecule is C=CCC(CC)(C(N)=O)c1ccc(F)cc1. The number of nitrogens with two attached hydrogens (primary N) is 1. The molecule has 2 N–H and O–H groups in total. The van der Waals surface area contributed by atoms with Crippen LogP contribution in [0.1, 0.15) is 25.3 Å². The highest BCUT2D eigenvalue weighted by molar-refractivity contribution is 5.86. The number of hydrogen-bond acceptors (Lipinski definition) is 1. The summed E-state index contributed by atoms with van der Waals surface area (Å²) in [7, 11) is 0. The Hall–Kier alpha value is -1.64. The van der Waals surface area contributed by atoms with Crippen molar-refractivity contribution in [3.05, 3.63) is 48.3 Å². The number of carbonyl (C=O) groups excluding carboxylic acids is 1. The molecule has 0 spiro atoms. The van der Waals surface area contributed by atoms with Crippen LogP contribution in [0.5, 0.6) is 0 Å². The summed E-state index contributed by atoms with van der Waals surface area (Å²) < 4.78 is 12.8. The summed E-state index contributed by atoms with van der Waals surface area (Å²) in [6.45, 7) is 5.52. The predicted octanol–water partition coefficient (Wildman–Crippen LogP) is 2.53. The molecule has 0 saturated carbocycles. The summed E-state index contributed by atoms with van der Waals surface area (Å²) in [5.41, 5.74) is 5.43. The minimum absolute atomic E-state index is 0.322. The van der Waals surface area contributed by atoms with Crippen LogP contribution in [-0.2, 0) is 10.2 Å². The van der Waals surface area contributed by atoms with Crippen LogP contribution in [0, 0.1) is 5.82 Å². The highest BCUT2D eigenvalue weighted by Crippen LogP contribution is 2.32. The van der Waals surface area contributed by atoms with Crippen LogP contribution in [0.4, 0.5) is 4.39 Å². The minimum atomic E-state index is -0.768. The molecule has 1 amide bonds. The van der Waals surface area contributed by atoms with E-state index >= 15 is 0 Å². The monoisotopic (exact) mass is 221 g/mol. The standard InChI is InChI=1S/C13H16FNO/c1-3-9-13(4-2,12(15)16)10-5-7-11(14)8-6-10/h3,5-8H,1,4,9H2,2H3,(H2,15,16). The van der Waals surface area contributed by atoms with E-state index in [9.17, 15) is 9.18 Å². The fourth-order valence-corrected chi connectivity index (χ4v) is 1.90. The Kier molecular flexibility index (Phi) is 3.82. The fraction of sp³-hybridized carbons (Fsp3) is 0.308. The van der Waals surface area contributed by atoms with Crippen molar-refractivity contribution in [1.82, 2.24) is 0 Å². The van der Waals surface area contributed by atoms with E-state index in [1.807, 2.05) is 6.92 Å². The highest BCUT2D eigenvalue weighted by atomic mass is 19.1. The molecule has 0 aliphatic carbocycles. The molecule has 1 rings (SSSR count). The van der Waals surface area contributed by atoms with E-state index in [2.05, 4.69) is 6.58 Å². The largest absolute Gasteiger partial charge is 0.369 e. The van der Waals surface area contributed by atoms with Gasteiger partial charge in [0.05, 0.1) is 5.41 Å². The van der Waals surface area contributed by atoms with Gasteiger partial charge in [0.1, 0.15) is 5.82 Å². The van der Waals surface area contributed by atoms with Gasteiger partial charge in [-0.15, -0.1) is 6.58 Å². The van der Waals surface area contributed by atoms with Crippen LogP contribution < -0.4 is 5.73 Å². The molecule has 0 aliphatic heterocycles. The van der Waals surface area contributed by atoms with Gasteiger partial charge in [0.2, 0.25) is 5.91 Å². The Balaban J connectivity index is 3.23. The van der Waals surface area contributed by atoms with Gasteiger partial charge in [0.25, 0.3) is 0 Å². The van der Waals surface area contributed by atoms with Crippen LogP contribution >= 0.6 is 0 Å². The van der Waals surface area contributed by atoms with Gasteiger partial charge in [-0.3, -0.25) is 4.79 Å². The predicted molar refractivity (Wildman–Crippen MR) is 62.4 cm³/mol. The first-order valence-corrected chi connectivity index (χ1v) is 5.23. The van der Waals surface area contributed by atoms with E-state index in [1.54, 1.807) is 18.2 Å². The highest BCUT2D eigenvalue weighted by Gasteiger charge is 2.35. The molecule has 0 radical (unpaired) electrons. The average Bonchev–Trinajstić information content (AvgIpc) is 2.27. The van der Waals surface area contributed by atoms with E-state index in [0.29, 0.717) is 12.8 Å². The number of primary amides is 1. The molecule has 3 heteroatoms. The first-order chi connectivity index (χ1) is 7.56. The summed E-state index contributed by atoms with van der Waals surface area (Å²) in [5, 5.41) is 0. The molecule has 1 aromatic rings. The van der Waals surface area contributed by atoms with Gasteiger partial charge in [-0.25, -0.2) is 4.39 Å². The number of allylic oxidation sites excluding steroid dienone is 1. The first kappa shape index (κ1) is 12.4. The molecule has 1 unspecified atom stereocenters. The number of benzene rings is 1. The number of halogens is 1. The van der Waals surface area contributed by atoms with Crippen LogP contribution in [0.25, 0.3) is 0 Å². The maximum Gasteiger partial charge on any atom is 0.228 e. The van der Waals surface area contributed by atoms with Gasteiger partial charge >= 0.3 is 0 Å². The van der Waals surface area contributed by atoms with Gasteiger partial charge in [-0.05, 0) is 30.5 Å². The molecule has 1 atom stereocenters. The Bertz CT molecular complexity index is 385. The molecule has 0 fully saturated rings. The van der Waals surface area contributed by atoms with Crippen LogP contribution in [0.15, 0.2) is 36.9 Å². The lowest BCUT2D eigenvalue weighted by molar-refractivity contribution is -0.123. The number of hydrogen-bond donors (Lipinski definition) is 1. The zero-order valence-corrected chi connectivity index (χ0v) is 9.37. The molecule has 0 aromatic heterocycles. The smallest absolute Gasteiger partial charge is 0.228 e. The normalized spacial score (nSPS) is 14.1. The third-order valence-corrected chi connectivity index (χ3v) is 2.96. The van der Waals surface area contributed by atoms with Gasteiger partial charge in [-0.1, -0.05) is 25.1 Å². The molecule has 86 valence electrons. The third-order valence-electron chi connectivity index (χ3n) is 2.96. The Labute approximate surface area is 95.0 Å². The van der Waals surface area contributed by atoms with Crippen molar-refractivity contribution in [3.63, 3.8) is 0 Å². The van der Waals surface area contributed by atoms with Gasteiger partial charge in [-0.2, -0.15) is 0 Å². The Morgan fingerprint density at radius 2 is 2.06 bits per heavy atom. The molecule has 0 aliphatic rings. The van der Waals surface area contributed by atoms with Crippen molar-refractivity contribution in [2.75, 3.05) is 0 Å². The summed E-state index contributed by atoms with van der Waals surface area (Å²) in [6, 6.07) is 5.89. The van der Waals surface area contributed by atoms with Crippen molar-refractivity contribution in [3.8, 4) is 0 Å². The number of carbonyl (C=O) groups is 1. The van der Waals surface area contributed by atoms with Gasteiger partial charge in [0, 0.05) is 0 Å². The molecule has 0 bridgehead atoms. The molecular formula is C13H16FNO. The van der Waals surface area contributed by atoms with Crippen molar-refractivity contribution in [2.24, 2.45) is 5.73 Å². The van der Waals surface area contributed by atoms with E-state index in [4.69, 9.17) is 5.73 Å². The van der Waals surface area contributed by atoms with Crippen LogP contribution in [0.3, 0.4) is 0 Å². The zero-order chi connectivity index (χ0) is 12.2. The average molecular weight is 221 g/mol. The first-order valence-electron chi connectivity index (χ1n) is 5.23. The zero-order valence-electron chi connectivity index (χ0n) is 9.37. The molecule has 0 heterocycles. The van der Waals surface area contributed by atoms with Crippen molar-refractivity contribution >= 4 is 5.91 Å². The van der Waals surface area contributed by atoms with E-state index < -0.39 is 11.3 Å². The van der Waals surface area contributed by atoms with Crippen LogP contribution in [0.2, 0.25) is 0 Å². The lowest BCUT2D eigenvalue weighted by Gasteiger charge is -2.28. The lowest BCUT2D eigenvalue weighted by Crippen LogP contribution is -2.40. The summed E-state index contributed by atoms with van der Waals surface area (Å²) >= 11 is 0. The molecule has 2 nitrogen and oxygen atoms in total. The molecular weight excluding hydrogens is 205 g/mol. The molecule has 16 heavy (non-hydrogen) atoms. The van der Waals surface area contributed by atoms with Crippen molar-refractivity contribution in [2.45, 2.75) is 25.2 Å². The van der Waals surface area contributed by atoms with Crippen molar-refractivity contribution < 1.29 is 9.18 Å². The summed E-state index contributed by atoms with van der Waals surface area (Å²) in [6.07, 6.45) is 2.70. The topological polar surface area (TPSA) is 43.1 Å². The second-order valence-corrected chi connectivity index (χ2v) is 3.80. The second kappa shape index (κ2) is 4.92. The number of amides is 1. The van der Waals surface area contributed by atoms with E-state index in [1.165, 1.54) is 12.1 Å².